The SMILES string of the molecule is CN.CN.CNC(=O)[C@H](CC(N)=O)NC(=O)Cc1cc(CC(C)C)no1. The van der Waals surface area contributed by atoms with Gasteiger partial charge >= 0.3 is 0 Å². The second kappa shape index (κ2) is 14.8. The molecule has 0 saturated carbocycles. The first-order chi connectivity index (χ1) is 12.3. The molecule has 10 nitrogen and oxygen atoms in total. The first kappa shape index (κ1) is 25.8. The molecule has 8 N–H and O–H groups in total. The van der Waals surface area contributed by atoms with Crippen LogP contribution in [0.3, 0.4) is 0 Å². The molecule has 3 amide bonds. The molecule has 26 heavy (non-hydrogen) atoms. The van der Waals surface area contributed by atoms with Gasteiger partial charge in [-0.25, -0.2) is 0 Å². The standard InChI is InChI=1S/C14H22N4O4.2CH5N/c1-8(2)4-9-5-10(22-18-9)6-13(20)17-11(7-12(15)19)14(21)16-3;2*1-2/h5,8,11H,4,6-7H2,1-3H3,(H2,15,19)(H,16,21)(H,17,20);2*2H2,1H3/t11-;;/m0../s1. The predicted molar refractivity (Wildman–Crippen MR) is 98.8 cm³/mol. The molecule has 0 aliphatic carbocycles. The number of primary amides is 1. The van der Waals surface area contributed by atoms with Crippen molar-refractivity contribution < 1.29 is 18.9 Å². The fourth-order valence-electron chi connectivity index (χ4n) is 1.94. The van der Waals surface area contributed by atoms with E-state index < -0.39 is 23.8 Å². The van der Waals surface area contributed by atoms with E-state index in [4.69, 9.17) is 10.3 Å². The lowest BCUT2D eigenvalue weighted by Gasteiger charge is -2.15. The summed E-state index contributed by atoms with van der Waals surface area (Å²) in [5, 5.41) is 8.71. The van der Waals surface area contributed by atoms with E-state index in [1.54, 1.807) is 6.07 Å². The van der Waals surface area contributed by atoms with E-state index >= 15 is 0 Å². The second-order valence-electron chi connectivity index (χ2n) is 5.46. The average molecular weight is 372 g/mol. The normalized spacial score (nSPS) is 10.6. The Morgan fingerprint density at radius 2 is 1.77 bits per heavy atom. The summed E-state index contributed by atoms with van der Waals surface area (Å²) in [7, 11) is 4.41. The van der Waals surface area contributed by atoms with Crippen LogP contribution in [0.1, 0.15) is 31.7 Å². The van der Waals surface area contributed by atoms with Crippen LogP contribution in [-0.4, -0.2) is 50.1 Å². The van der Waals surface area contributed by atoms with E-state index in [2.05, 4.69) is 41.1 Å². The Morgan fingerprint density at radius 1 is 1.19 bits per heavy atom. The van der Waals surface area contributed by atoms with E-state index in [0.29, 0.717) is 11.7 Å². The minimum absolute atomic E-state index is 0.0582. The summed E-state index contributed by atoms with van der Waals surface area (Å²) >= 11 is 0. The molecule has 0 radical (unpaired) electrons. The van der Waals surface area contributed by atoms with Crippen LogP contribution in [-0.2, 0) is 27.2 Å². The Hall–Kier alpha value is -2.46. The summed E-state index contributed by atoms with van der Waals surface area (Å²) in [6.07, 6.45) is 0.436. The maximum atomic E-state index is 11.9. The topological polar surface area (TPSA) is 179 Å². The highest BCUT2D eigenvalue weighted by atomic mass is 16.5. The molecule has 0 fully saturated rings. The molecule has 0 aliphatic heterocycles. The van der Waals surface area contributed by atoms with Gasteiger partial charge < -0.3 is 32.4 Å². The van der Waals surface area contributed by atoms with Gasteiger partial charge in [-0.15, -0.1) is 0 Å². The molecule has 10 heteroatoms. The number of nitrogens with one attached hydrogen (secondary N) is 2. The van der Waals surface area contributed by atoms with Crippen LogP contribution < -0.4 is 27.8 Å². The first-order valence-corrected chi connectivity index (χ1v) is 8.21. The van der Waals surface area contributed by atoms with E-state index in [0.717, 1.165) is 12.1 Å². The fourth-order valence-corrected chi connectivity index (χ4v) is 1.94. The third-order valence-electron chi connectivity index (χ3n) is 2.86. The zero-order chi connectivity index (χ0) is 20.7. The minimum Gasteiger partial charge on any atom is -0.370 e. The van der Waals surface area contributed by atoms with E-state index in [9.17, 15) is 14.4 Å². The summed E-state index contributed by atoms with van der Waals surface area (Å²) in [5.41, 5.74) is 14.8. The molecule has 1 aromatic rings. The number of carbonyl (C=O) groups is 3. The van der Waals surface area contributed by atoms with E-state index in [1.807, 2.05) is 0 Å². The Bertz CT molecular complexity index is 545. The Balaban J connectivity index is 0. The van der Waals surface area contributed by atoms with Crippen LogP contribution in [0.25, 0.3) is 0 Å². The van der Waals surface area contributed by atoms with Crippen LogP contribution in [0.15, 0.2) is 10.6 Å². The van der Waals surface area contributed by atoms with Gasteiger partial charge in [-0.2, -0.15) is 0 Å². The largest absolute Gasteiger partial charge is 0.370 e. The Labute approximate surface area is 154 Å². The molecular formula is C16H32N6O4. The molecule has 1 aromatic heterocycles. The molecule has 1 heterocycles. The highest BCUT2D eigenvalue weighted by Gasteiger charge is 2.22. The molecule has 0 unspecified atom stereocenters. The first-order valence-electron chi connectivity index (χ1n) is 8.21. The van der Waals surface area contributed by atoms with Crippen LogP contribution >= 0.6 is 0 Å². The summed E-state index contributed by atoms with van der Waals surface area (Å²) in [6, 6.07) is 0.718. The summed E-state index contributed by atoms with van der Waals surface area (Å²) in [6.45, 7) is 4.11. The van der Waals surface area contributed by atoms with Gasteiger partial charge in [0.2, 0.25) is 17.7 Å². The van der Waals surface area contributed by atoms with Crippen molar-refractivity contribution >= 4 is 17.7 Å². The van der Waals surface area contributed by atoms with Crippen molar-refractivity contribution in [2.75, 3.05) is 21.1 Å². The number of amides is 3. The lowest BCUT2D eigenvalue weighted by atomic mass is 10.1. The van der Waals surface area contributed by atoms with Gasteiger partial charge in [0.15, 0.2) is 0 Å². The smallest absolute Gasteiger partial charge is 0.242 e. The number of carbonyl (C=O) groups excluding carboxylic acids is 3. The van der Waals surface area contributed by atoms with Crippen molar-refractivity contribution in [3.63, 3.8) is 0 Å². The zero-order valence-corrected chi connectivity index (χ0v) is 16.2. The average Bonchev–Trinajstić information content (AvgIpc) is 3.02. The van der Waals surface area contributed by atoms with Crippen molar-refractivity contribution in [2.45, 2.75) is 39.2 Å². The van der Waals surface area contributed by atoms with Crippen molar-refractivity contribution in [1.29, 1.82) is 0 Å². The molecule has 1 atom stereocenters. The van der Waals surface area contributed by atoms with Crippen LogP contribution in [0.2, 0.25) is 0 Å². The Kier molecular flexibility index (Phi) is 14.7. The second-order valence-corrected chi connectivity index (χ2v) is 5.46. The molecule has 0 aliphatic rings. The molecule has 1 rings (SSSR count). The van der Waals surface area contributed by atoms with Crippen molar-refractivity contribution in [1.82, 2.24) is 15.8 Å². The number of rotatable bonds is 8. The number of aromatic nitrogens is 1. The Morgan fingerprint density at radius 3 is 2.23 bits per heavy atom. The highest BCUT2D eigenvalue weighted by molar-refractivity contribution is 5.91. The molecule has 0 saturated heterocycles. The maximum Gasteiger partial charge on any atom is 0.242 e. The summed E-state index contributed by atoms with van der Waals surface area (Å²) in [4.78, 5) is 34.5. The molecule has 0 aromatic carbocycles. The molecule has 0 bridgehead atoms. The summed E-state index contributed by atoms with van der Waals surface area (Å²) in [5.74, 6) is -0.761. The van der Waals surface area contributed by atoms with Crippen LogP contribution in [0.4, 0.5) is 0 Å². The molecule has 0 spiro atoms. The lowest BCUT2D eigenvalue weighted by Crippen LogP contribution is -2.48. The van der Waals surface area contributed by atoms with Crippen molar-refractivity contribution in [2.24, 2.45) is 23.1 Å². The third-order valence-corrected chi connectivity index (χ3v) is 2.86. The van der Waals surface area contributed by atoms with Gasteiger partial charge in [0.25, 0.3) is 0 Å². The summed E-state index contributed by atoms with van der Waals surface area (Å²) < 4.78 is 5.08. The van der Waals surface area contributed by atoms with Gasteiger partial charge in [-0.1, -0.05) is 19.0 Å². The predicted octanol–water partition coefficient (Wildman–Crippen LogP) is -1.33. The zero-order valence-electron chi connectivity index (χ0n) is 16.2. The van der Waals surface area contributed by atoms with Crippen LogP contribution in [0, 0.1) is 5.92 Å². The van der Waals surface area contributed by atoms with Gasteiger partial charge in [0.05, 0.1) is 18.5 Å². The van der Waals surface area contributed by atoms with Gasteiger partial charge in [0, 0.05) is 13.1 Å². The van der Waals surface area contributed by atoms with Crippen LogP contribution in [0.5, 0.6) is 0 Å². The number of hydrogen-bond donors (Lipinski definition) is 5. The number of nitrogens with zero attached hydrogens (tertiary/aromatic N) is 1. The number of nitrogens with two attached hydrogens (primary N) is 3. The fraction of sp³-hybridized carbons (Fsp3) is 0.625. The van der Waals surface area contributed by atoms with Gasteiger partial charge in [-0.3, -0.25) is 14.4 Å². The molecule has 150 valence electrons. The van der Waals surface area contributed by atoms with Crippen molar-refractivity contribution in [3.05, 3.63) is 17.5 Å². The highest BCUT2D eigenvalue weighted by Crippen LogP contribution is 2.09. The van der Waals surface area contributed by atoms with Crippen molar-refractivity contribution in [3.8, 4) is 0 Å². The lowest BCUT2D eigenvalue weighted by molar-refractivity contribution is -0.130. The monoisotopic (exact) mass is 372 g/mol. The van der Waals surface area contributed by atoms with Gasteiger partial charge in [0.1, 0.15) is 11.8 Å². The number of likely N-dealkylation sites (N-methyl/N-ethyl adjacent to an activating group) is 1. The minimum atomic E-state index is -0.993. The van der Waals surface area contributed by atoms with E-state index in [-0.39, 0.29) is 12.8 Å². The van der Waals surface area contributed by atoms with E-state index in [1.165, 1.54) is 21.1 Å². The van der Waals surface area contributed by atoms with Gasteiger partial charge in [-0.05, 0) is 26.4 Å². The maximum absolute atomic E-state index is 11.9. The number of hydrogen-bond acceptors (Lipinski definition) is 7. The molecular weight excluding hydrogens is 340 g/mol. The quantitative estimate of drug-likeness (QED) is 0.375. The third kappa shape index (κ3) is 11.2.